The number of hydrogen-bond acceptors (Lipinski definition) is 4. The van der Waals surface area contributed by atoms with Crippen molar-refractivity contribution >= 4 is 65.9 Å². The Kier molecular flexibility index (Phi) is 5.57. The first-order valence-corrected chi connectivity index (χ1v) is 12.5. The number of amidine groups is 1. The van der Waals surface area contributed by atoms with Crippen LogP contribution in [-0.2, 0) is 21.1 Å². The molecule has 1 amide bonds. The second-order valence-corrected chi connectivity index (χ2v) is 11.4. The van der Waals surface area contributed by atoms with Gasteiger partial charge in [-0.05, 0) is 35.9 Å². The molecule has 0 radical (unpaired) electrons. The molecule has 5 nitrogen and oxygen atoms in total. The number of aliphatic imine (C=N–C) groups is 1. The molecule has 0 aromatic heterocycles. The van der Waals surface area contributed by atoms with E-state index in [-0.39, 0.29) is 35.1 Å². The average molecular weight is 500 g/mol. The van der Waals surface area contributed by atoms with Gasteiger partial charge >= 0.3 is 0 Å². The van der Waals surface area contributed by atoms with Gasteiger partial charge in [0, 0.05) is 20.4 Å². The van der Waals surface area contributed by atoms with Gasteiger partial charge in [-0.15, -0.1) is 0 Å². The van der Waals surface area contributed by atoms with Gasteiger partial charge in [-0.3, -0.25) is 4.79 Å². The fraction of sp³-hybridized carbons (Fsp3) is 0.263. The van der Waals surface area contributed by atoms with Crippen molar-refractivity contribution in [3.63, 3.8) is 0 Å². The summed E-state index contributed by atoms with van der Waals surface area (Å²) in [7, 11) is -3.09. The van der Waals surface area contributed by atoms with Crippen LogP contribution >= 0.6 is 39.3 Å². The first-order valence-electron chi connectivity index (χ1n) is 8.59. The van der Waals surface area contributed by atoms with Crippen LogP contribution in [0, 0.1) is 0 Å². The summed E-state index contributed by atoms with van der Waals surface area (Å²) in [6, 6.07) is 14.5. The molecule has 0 aliphatic carbocycles. The van der Waals surface area contributed by atoms with E-state index in [0.29, 0.717) is 10.2 Å². The van der Waals surface area contributed by atoms with Crippen molar-refractivity contribution in [2.45, 2.75) is 17.7 Å². The van der Waals surface area contributed by atoms with Gasteiger partial charge in [-0.1, -0.05) is 57.5 Å². The van der Waals surface area contributed by atoms with E-state index in [9.17, 15) is 13.2 Å². The van der Waals surface area contributed by atoms with Crippen LogP contribution in [0.2, 0.25) is 5.02 Å². The van der Waals surface area contributed by atoms with Gasteiger partial charge in [0.1, 0.15) is 0 Å². The molecule has 146 valence electrons. The van der Waals surface area contributed by atoms with Gasteiger partial charge < -0.3 is 4.90 Å². The first kappa shape index (κ1) is 19.9. The molecule has 28 heavy (non-hydrogen) atoms. The summed E-state index contributed by atoms with van der Waals surface area (Å²) in [5.41, 5.74) is 1.55. The zero-order valence-electron chi connectivity index (χ0n) is 14.6. The molecular formula is C19H16BrClN2O3S2. The molecule has 0 N–H and O–H groups in total. The quantitative estimate of drug-likeness (QED) is 0.640. The van der Waals surface area contributed by atoms with Crippen molar-refractivity contribution in [2.75, 3.05) is 16.4 Å². The fourth-order valence-corrected chi connectivity index (χ4v) is 7.82. The SMILES string of the molecule is O=C(Cc1ccccc1Cl)N=C1S[C@H]2CS(=O)(=O)C[C@H]2N1c1ccc(Br)cc1. The molecule has 0 unspecified atom stereocenters. The van der Waals surface area contributed by atoms with Crippen LogP contribution in [0.25, 0.3) is 0 Å². The summed E-state index contributed by atoms with van der Waals surface area (Å²) in [6.07, 6.45) is 0.103. The summed E-state index contributed by atoms with van der Waals surface area (Å²) in [5.74, 6) is -0.133. The van der Waals surface area contributed by atoms with Crippen LogP contribution < -0.4 is 4.90 Å². The summed E-state index contributed by atoms with van der Waals surface area (Å²) in [5, 5.41) is 0.952. The largest absolute Gasteiger partial charge is 0.316 e. The lowest BCUT2D eigenvalue weighted by molar-refractivity contribution is -0.117. The molecule has 2 saturated heterocycles. The Labute approximate surface area is 181 Å². The summed E-state index contributed by atoms with van der Waals surface area (Å²) < 4.78 is 25.2. The third-order valence-corrected chi connectivity index (χ3v) is 8.80. The molecule has 2 aliphatic rings. The van der Waals surface area contributed by atoms with E-state index in [1.54, 1.807) is 12.1 Å². The summed E-state index contributed by atoms with van der Waals surface area (Å²) in [6.45, 7) is 0. The number of hydrogen-bond donors (Lipinski definition) is 0. The topological polar surface area (TPSA) is 66.8 Å². The Bertz CT molecular complexity index is 1060. The molecule has 2 fully saturated rings. The highest BCUT2D eigenvalue weighted by Crippen LogP contribution is 2.41. The normalized spacial score (nSPS) is 24.5. The molecular weight excluding hydrogens is 484 g/mol. The molecule has 2 aliphatic heterocycles. The third-order valence-electron chi connectivity index (χ3n) is 4.69. The van der Waals surface area contributed by atoms with Crippen molar-refractivity contribution < 1.29 is 13.2 Å². The van der Waals surface area contributed by atoms with E-state index in [1.807, 2.05) is 41.3 Å². The number of amides is 1. The van der Waals surface area contributed by atoms with Gasteiger partial charge in [0.2, 0.25) is 0 Å². The minimum absolute atomic E-state index is 0.0679. The number of benzene rings is 2. The molecule has 2 aromatic carbocycles. The van der Waals surface area contributed by atoms with Gasteiger partial charge in [0.25, 0.3) is 5.91 Å². The van der Waals surface area contributed by atoms with Gasteiger partial charge in [0.15, 0.2) is 15.0 Å². The van der Waals surface area contributed by atoms with Crippen LogP contribution in [-0.4, -0.2) is 42.3 Å². The number of rotatable bonds is 3. The standard InChI is InChI=1S/C19H16BrClN2O3S2/c20-13-5-7-14(8-6-13)23-16-10-28(25,26)11-17(16)27-19(23)22-18(24)9-12-3-1-2-4-15(12)21/h1-8,16-17H,9-11H2/t16-,17+/m1/s1. The summed E-state index contributed by atoms with van der Waals surface area (Å²) >= 11 is 10.9. The molecule has 0 spiro atoms. The smallest absolute Gasteiger partial charge is 0.252 e. The molecule has 2 heterocycles. The molecule has 9 heteroatoms. The maximum absolute atomic E-state index is 12.6. The van der Waals surface area contributed by atoms with Gasteiger partial charge in [0.05, 0.1) is 24.0 Å². The van der Waals surface area contributed by atoms with Crippen LogP contribution in [0.15, 0.2) is 58.0 Å². The van der Waals surface area contributed by atoms with Crippen molar-refractivity contribution in [2.24, 2.45) is 4.99 Å². The number of fused-ring (bicyclic) bond motifs is 1. The molecule has 0 saturated carbocycles. The number of thioether (sulfide) groups is 1. The number of sulfone groups is 1. The Morgan fingerprint density at radius 1 is 1.18 bits per heavy atom. The molecule has 2 aromatic rings. The minimum Gasteiger partial charge on any atom is -0.316 e. The lowest BCUT2D eigenvalue weighted by Gasteiger charge is -2.24. The number of anilines is 1. The van der Waals surface area contributed by atoms with Crippen molar-refractivity contribution in [1.82, 2.24) is 0 Å². The lowest BCUT2D eigenvalue weighted by Crippen LogP contribution is -2.37. The number of nitrogens with zero attached hydrogens (tertiary/aromatic N) is 2. The van der Waals surface area contributed by atoms with E-state index in [2.05, 4.69) is 20.9 Å². The average Bonchev–Trinajstić information content (AvgIpc) is 3.09. The Balaban J connectivity index is 1.65. The summed E-state index contributed by atoms with van der Waals surface area (Å²) in [4.78, 5) is 18.8. The number of carbonyl (C=O) groups is 1. The zero-order valence-corrected chi connectivity index (χ0v) is 18.6. The van der Waals surface area contributed by atoms with E-state index in [0.717, 1.165) is 15.7 Å². The van der Waals surface area contributed by atoms with E-state index >= 15 is 0 Å². The minimum atomic E-state index is -3.09. The molecule has 0 bridgehead atoms. The Morgan fingerprint density at radius 3 is 2.61 bits per heavy atom. The zero-order chi connectivity index (χ0) is 19.9. The van der Waals surface area contributed by atoms with Crippen molar-refractivity contribution in [1.29, 1.82) is 0 Å². The van der Waals surface area contributed by atoms with Gasteiger partial charge in [-0.25, -0.2) is 8.42 Å². The third kappa shape index (κ3) is 4.15. The second kappa shape index (κ2) is 7.82. The van der Waals surface area contributed by atoms with E-state index in [4.69, 9.17) is 11.6 Å². The monoisotopic (exact) mass is 498 g/mol. The predicted molar refractivity (Wildman–Crippen MR) is 118 cm³/mol. The maximum atomic E-state index is 12.6. The van der Waals surface area contributed by atoms with Crippen molar-refractivity contribution in [3.8, 4) is 0 Å². The van der Waals surface area contributed by atoms with E-state index in [1.165, 1.54) is 11.8 Å². The first-order chi connectivity index (χ1) is 13.3. The van der Waals surface area contributed by atoms with Crippen molar-refractivity contribution in [3.05, 3.63) is 63.6 Å². The molecule has 2 atom stereocenters. The highest BCUT2D eigenvalue weighted by molar-refractivity contribution is 9.10. The number of halogens is 2. The van der Waals surface area contributed by atoms with Gasteiger partial charge in [-0.2, -0.15) is 4.99 Å². The van der Waals surface area contributed by atoms with Crippen LogP contribution in [0.1, 0.15) is 5.56 Å². The fourth-order valence-electron chi connectivity index (χ4n) is 3.42. The van der Waals surface area contributed by atoms with Crippen LogP contribution in [0.4, 0.5) is 5.69 Å². The maximum Gasteiger partial charge on any atom is 0.252 e. The second-order valence-electron chi connectivity index (χ2n) is 6.70. The van der Waals surface area contributed by atoms with Crippen LogP contribution in [0.3, 0.4) is 0 Å². The Morgan fingerprint density at radius 2 is 1.89 bits per heavy atom. The highest BCUT2D eigenvalue weighted by Gasteiger charge is 2.49. The highest BCUT2D eigenvalue weighted by atomic mass is 79.9. The Hall–Kier alpha value is -1.35. The van der Waals surface area contributed by atoms with Crippen LogP contribution in [0.5, 0.6) is 0 Å². The van der Waals surface area contributed by atoms with E-state index < -0.39 is 9.84 Å². The lowest BCUT2D eigenvalue weighted by atomic mass is 10.1. The number of carbonyl (C=O) groups excluding carboxylic acids is 1. The molecule has 4 rings (SSSR count). The predicted octanol–water partition coefficient (Wildman–Crippen LogP) is 3.95.